The van der Waals surface area contributed by atoms with E-state index in [2.05, 4.69) is 15.4 Å². The van der Waals surface area contributed by atoms with E-state index in [0.29, 0.717) is 13.1 Å². The van der Waals surface area contributed by atoms with Crippen LogP contribution in [0.5, 0.6) is 0 Å². The third-order valence-corrected chi connectivity index (χ3v) is 5.22. The number of carbonyl (C=O) groups excluding carboxylic acids is 1. The molecule has 0 saturated heterocycles. The number of thiazole rings is 1. The maximum atomic E-state index is 12.5. The second-order valence-electron chi connectivity index (χ2n) is 6.39. The van der Waals surface area contributed by atoms with E-state index in [0.717, 1.165) is 21.8 Å². The predicted octanol–water partition coefficient (Wildman–Crippen LogP) is 3.35. The van der Waals surface area contributed by atoms with Gasteiger partial charge < -0.3 is 5.32 Å². The van der Waals surface area contributed by atoms with Gasteiger partial charge in [-0.05, 0) is 11.6 Å². The number of hydrogen-bond donors (Lipinski definition) is 1. The first-order valence-electron chi connectivity index (χ1n) is 9.09. The van der Waals surface area contributed by atoms with E-state index < -0.39 is 0 Å². The fourth-order valence-electron chi connectivity index (χ4n) is 2.80. The van der Waals surface area contributed by atoms with Gasteiger partial charge in [-0.1, -0.05) is 60.7 Å². The van der Waals surface area contributed by atoms with E-state index in [1.54, 1.807) is 0 Å². The maximum absolute atomic E-state index is 12.5. The van der Waals surface area contributed by atoms with Crippen LogP contribution in [0.4, 0.5) is 0 Å². The maximum Gasteiger partial charge on any atom is 0.272 e. The number of nitrogens with one attached hydrogen (secondary N) is 1. The molecule has 1 N–H and O–H groups in total. The lowest BCUT2D eigenvalue weighted by Crippen LogP contribution is -2.29. The highest BCUT2D eigenvalue weighted by Crippen LogP contribution is 2.23. The lowest BCUT2D eigenvalue weighted by Gasteiger charge is -2.07. The van der Waals surface area contributed by atoms with E-state index >= 15 is 0 Å². The number of amides is 1. The molecule has 0 radical (unpaired) electrons. The molecule has 0 bridgehead atoms. The molecule has 0 saturated carbocycles. The van der Waals surface area contributed by atoms with Crippen LogP contribution in [-0.2, 0) is 13.1 Å². The molecule has 0 aliphatic carbocycles. The average molecular weight is 402 g/mol. The first-order chi connectivity index (χ1) is 14.2. The second-order valence-corrected chi connectivity index (χ2v) is 7.25. The Morgan fingerprint density at radius 1 is 0.966 bits per heavy atom. The van der Waals surface area contributed by atoms with E-state index in [4.69, 9.17) is 0 Å². The van der Waals surface area contributed by atoms with Gasteiger partial charge in [-0.3, -0.25) is 9.59 Å². The minimum Gasteiger partial charge on any atom is -0.345 e. The van der Waals surface area contributed by atoms with Crippen molar-refractivity contribution in [1.29, 1.82) is 0 Å². The van der Waals surface area contributed by atoms with Gasteiger partial charge in [-0.25, -0.2) is 9.67 Å². The van der Waals surface area contributed by atoms with Crippen molar-refractivity contribution in [2.45, 2.75) is 13.1 Å². The smallest absolute Gasteiger partial charge is 0.272 e. The Kier molecular flexibility index (Phi) is 5.58. The molecule has 6 nitrogen and oxygen atoms in total. The van der Waals surface area contributed by atoms with E-state index in [-0.39, 0.29) is 17.2 Å². The molecule has 1 amide bonds. The van der Waals surface area contributed by atoms with Crippen LogP contribution >= 0.6 is 11.3 Å². The summed E-state index contributed by atoms with van der Waals surface area (Å²) in [5.41, 5.74) is 2.71. The molecule has 7 heteroatoms. The van der Waals surface area contributed by atoms with Gasteiger partial charge in [-0.2, -0.15) is 5.10 Å². The molecule has 0 spiro atoms. The predicted molar refractivity (Wildman–Crippen MR) is 113 cm³/mol. The molecule has 144 valence electrons. The zero-order chi connectivity index (χ0) is 20.1. The summed E-state index contributed by atoms with van der Waals surface area (Å²) < 4.78 is 1.29. The molecule has 29 heavy (non-hydrogen) atoms. The number of rotatable bonds is 6. The molecule has 0 atom stereocenters. The molecule has 0 unspecified atom stereocenters. The van der Waals surface area contributed by atoms with Crippen LogP contribution in [0.2, 0.25) is 0 Å². The summed E-state index contributed by atoms with van der Waals surface area (Å²) in [5, 5.41) is 9.85. The zero-order valence-electron chi connectivity index (χ0n) is 15.5. The Balaban J connectivity index is 1.43. The van der Waals surface area contributed by atoms with Crippen LogP contribution in [0.3, 0.4) is 0 Å². The van der Waals surface area contributed by atoms with Crippen molar-refractivity contribution in [3.8, 4) is 10.6 Å². The minimum atomic E-state index is -0.346. The number of hydrogen-bond acceptors (Lipinski definition) is 5. The van der Waals surface area contributed by atoms with Gasteiger partial charge in [0, 0.05) is 17.0 Å². The van der Waals surface area contributed by atoms with Crippen LogP contribution < -0.4 is 10.9 Å². The van der Waals surface area contributed by atoms with E-state index in [1.165, 1.54) is 28.2 Å². The molecular weight excluding hydrogens is 384 g/mol. The van der Waals surface area contributed by atoms with Gasteiger partial charge in [0.15, 0.2) is 0 Å². The third-order valence-electron chi connectivity index (χ3n) is 4.28. The minimum absolute atomic E-state index is 0.194. The molecule has 4 aromatic rings. The largest absolute Gasteiger partial charge is 0.345 e. The first kappa shape index (κ1) is 18.8. The van der Waals surface area contributed by atoms with Crippen LogP contribution in [0.15, 0.2) is 83.0 Å². The fraction of sp³-hybridized carbons (Fsp3) is 0.0909. The molecule has 2 aromatic heterocycles. The monoisotopic (exact) mass is 402 g/mol. The quantitative estimate of drug-likeness (QED) is 0.537. The van der Waals surface area contributed by atoms with Gasteiger partial charge in [0.25, 0.3) is 11.5 Å². The molecule has 0 fully saturated rings. The van der Waals surface area contributed by atoms with E-state index in [9.17, 15) is 9.59 Å². The number of aromatic nitrogens is 3. The van der Waals surface area contributed by atoms with Crippen LogP contribution in [0, 0.1) is 0 Å². The van der Waals surface area contributed by atoms with Crippen molar-refractivity contribution in [1.82, 2.24) is 20.1 Å². The van der Waals surface area contributed by atoms with Crippen molar-refractivity contribution in [2.75, 3.05) is 0 Å². The van der Waals surface area contributed by atoms with Gasteiger partial charge in [0.05, 0.1) is 18.8 Å². The highest BCUT2D eigenvalue weighted by atomic mass is 32.1. The summed E-state index contributed by atoms with van der Waals surface area (Å²) in [4.78, 5) is 29.1. The Bertz CT molecular complexity index is 1170. The highest BCUT2D eigenvalue weighted by Gasteiger charge is 2.11. The van der Waals surface area contributed by atoms with Crippen molar-refractivity contribution < 1.29 is 4.79 Å². The average Bonchev–Trinajstić information content (AvgIpc) is 3.24. The summed E-state index contributed by atoms with van der Waals surface area (Å²) in [6, 6.07) is 22.2. The topological polar surface area (TPSA) is 76.9 Å². The normalized spacial score (nSPS) is 10.6. The molecule has 2 aromatic carbocycles. The van der Waals surface area contributed by atoms with Crippen molar-refractivity contribution in [2.24, 2.45) is 0 Å². The summed E-state index contributed by atoms with van der Waals surface area (Å²) in [6.45, 7) is 0.606. The second kappa shape index (κ2) is 8.62. The number of nitrogens with zero attached hydrogens (tertiary/aromatic N) is 3. The lowest BCUT2D eigenvalue weighted by molar-refractivity contribution is 0.0943. The van der Waals surface area contributed by atoms with Gasteiger partial charge >= 0.3 is 0 Å². The van der Waals surface area contributed by atoms with Gasteiger partial charge in [0.2, 0.25) is 0 Å². The molecule has 2 heterocycles. The number of carbonyl (C=O) groups is 1. The fourth-order valence-corrected chi connectivity index (χ4v) is 3.63. The van der Waals surface area contributed by atoms with Crippen LogP contribution in [0.1, 0.15) is 21.7 Å². The van der Waals surface area contributed by atoms with Crippen molar-refractivity contribution in [3.63, 3.8) is 0 Å². The Hall–Kier alpha value is -3.58. The molecular formula is C22H18N4O2S. The summed E-state index contributed by atoms with van der Waals surface area (Å²) in [7, 11) is 0. The Labute approximate surface area is 171 Å². The molecule has 0 aliphatic heterocycles. The lowest BCUT2D eigenvalue weighted by atomic mass is 10.2. The molecule has 0 aliphatic rings. The van der Waals surface area contributed by atoms with Crippen LogP contribution in [-0.4, -0.2) is 20.7 Å². The SMILES string of the molecule is O=C(NCc1csc(-c2ccccc2)n1)c1ccc(=O)n(Cc2ccccc2)n1. The first-order valence-corrected chi connectivity index (χ1v) is 9.97. The van der Waals surface area contributed by atoms with Crippen LogP contribution in [0.25, 0.3) is 10.6 Å². The Morgan fingerprint density at radius 2 is 1.69 bits per heavy atom. The number of benzene rings is 2. The van der Waals surface area contributed by atoms with Gasteiger partial charge in [-0.15, -0.1) is 11.3 Å². The molecule has 4 rings (SSSR count). The summed E-state index contributed by atoms with van der Waals surface area (Å²) in [6.07, 6.45) is 0. The van der Waals surface area contributed by atoms with Gasteiger partial charge in [0.1, 0.15) is 10.7 Å². The van der Waals surface area contributed by atoms with Crippen molar-refractivity contribution >= 4 is 17.2 Å². The summed E-state index contributed by atoms with van der Waals surface area (Å²) >= 11 is 1.53. The highest BCUT2D eigenvalue weighted by molar-refractivity contribution is 7.13. The summed E-state index contributed by atoms with van der Waals surface area (Å²) in [5.74, 6) is -0.346. The third kappa shape index (κ3) is 4.64. The Morgan fingerprint density at radius 3 is 2.45 bits per heavy atom. The standard InChI is InChI=1S/C22H18N4O2S/c27-20-12-11-19(25-26(20)14-16-7-3-1-4-8-16)21(28)23-13-18-15-29-22(24-18)17-9-5-2-6-10-17/h1-12,15H,13-14H2,(H,23,28). The zero-order valence-corrected chi connectivity index (χ0v) is 16.3. The van der Waals surface area contributed by atoms with E-state index in [1.807, 2.05) is 66.0 Å². The van der Waals surface area contributed by atoms with Crippen molar-refractivity contribution in [3.05, 3.63) is 105 Å².